The summed E-state index contributed by atoms with van der Waals surface area (Å²) in [7, 11) is 1.65. The number of nitrogens with zero attached hydrogens (tertiary/aromatic N) is 2. The fourth-order valence-electron chi connectivity index (χ4n) is 4.32. The molecule has 1 heterocycles. The Morgan fingerprint density at radius 3 is 2.52 bits per heavy atom. The number of likely N-dealkylation sites (tertiary alicyclic amines) is 1. The van der Waals surface area contributed by atoms with E-state index in [1.54, 1.807) is 25.2 Å². The number of piperidine rings is 1. The molecule has 3 atom stereocenters. The van der Waals surface area contributed by atoms with Gasteiger partial charge in [0, 0.05) is 32.1 Å². The number of fused-ring (bicyclic) bond motifs is 2. The van der Waals surface area contributed by atoms with Gasteiger partial charge in [-0.15, -0.1) is 0 Å². The second kappa shape index (κ2) is 7.70. The normalized spacial score (nSPS) is 24.2. The van der Waals surface area contributed by atoms with Crippen molar-refractivity contribution in [2.75, 3.05) is 18.5 Å². The molecule has 0 radical (unpaired) electrons. The number of hydrogen-bond acceptors (Lipinski definition) is 3. The Hall–Kier alpha value is -1.75. The van der Waals surface area contributed by atoms with Gasteiger partial charge in [-0.25, -0.2) is 4.79 Å². The molecule has 0 aromatic heterocycles. The first kappa shape index (κ1) is 18.6. The van der Waals surface area contributed by atoms with Gasteiger partial charge in [-0.1, -0.05) is 59.6 Å². The SMILES string of the molecule is CN(C(=O)OC1C2CCC1N(Cc1ccccc1)C2)c1c(Cl)cccc1Cl. The van der Waals surface area contributed by atoms with Crippen LogP contribution in [0.3, 0.4) is 0 Å². The smallest absolute Gasteiger partial charge is 0.414 e. The molecule has 1 saturated carbocycles. The minimum atomic E-state index is -0.409. The van der Waals surface area contributed by atoms with Gasteiger partial charge >= 0.3 is 6.09 Å². The van der Waals surface area contributed by atoms with Gasteiger partial charge in [0.1, 0.15) is 6.10 Å². The molecule has 3 unspecified atom stereocenters. The highest BCUT2D eigenvalue weighted by molar-refractivity contribution is 6.39. The van der Waals surface area contributed by atoms with Crippen molar-refractivity contribution in [2.24, 2.45) is 5.92 Å². The van der Waals surface area contributed by atoms with E-state index >= 15 is 0 Å². The minimum absolute atomic E-state index is 0.0788. The molecule has 4 nitrogen and oxygen atoms in total. The lowest BCUT2D eigenvalue weighted by atomic mass is 10.1. The van der Waals surface area contributed by atoms with Crippen LogP contribution in [0, 0.1) is 5.92 Å². The van der Waals surface area contributed by atoms with Crippen molar-refractivity contribution in [3.8, 4) is 0 Å². The van der Waals surface area contributed by atoms with E-state index < -0.39 is 6.09 Å². The largest absolute Gasteiger partial charge is 0.444 e. The van der Waals surface area contributed by atoms with Crippen molar-refractivity contribution in [2.45, 2.75) is 31.5 Å². The molecule has 2 fully saturated rings. The lowest BCUT2D eigenvalue weighted by Gasteiger charge is -2.27. The van der Waals surface area contributed by atoms with E-state index in [2.05, 4.69) is 29.2 Å². The van der Waals surface area contributed by atoms with Crippen LogP contribution in [0.1, 0.15) is 18.4 Å². The zero-order valence-corrected chi connectivity index (χ0v) is 16.7. The van der Waals surface area contributed by atoms with E-state index in [-0.39, 0.29) is 12.1 Å². The highest BCUT2D eigenvalue weighted by Gasteiger charge is 2.49. The number of carbonyl (C=O) groups is 1. The number of carbonyl (C=O) groups excluding carboxylic acids is 1. The molecule has 1 aliphatic carbocycles. The number of benzene rings is 2. The maximum Gasteiger partial charge on any atom is 0.414 e. The van der Waals surface area contributed by atoms with Gasteiger partial charge in [0.05, 0.1) is 15.7 Å². The van der Waals surface area contributed by atoms with Crippen molar-refractivity contribution in [3.05, 3.63) is 64.1 Å². The number of anilines is 1. The number of hydrogen-bond donors (Lipinski definition) is 0. The molecule has 0 N–H and O–H groups in total. The van der Waals surface area contributed by atoms with Gasteiger partial charge in [-0.05, 0) is 30.5 Å². The summed E-state index contributed by atoms with van der Waals surface area (Å²) in [6.07, 6.45) is 1.68. The maximum absolute atomic E-state index is 12.8. The van der Waals surface area contributed by atoms with Crippen molar-refractivity contribution < 1.29 is 9.53 Å². The van der Waals surface area contributed by atoms with Gasteiger partial charge in [-0.3, -0.25) is 9.80 Å². The number of amides is 1. The molecule has 142 valence electrons. The minimum Gasteiger partial charge on any atom is -0.444 e. The Morgan fingerprint density at radius 2 is 1.81 bits per heavy atom. The van der Waals surface area contributed by atoms with Crippen molar-refractivity contribution in [3.63, 3.8) is 0 Å². The van der Waals surface area contributed by atoms with Crippen molar-refractivity contribution >= 4 is 35.0 Å². The van der Waals surface area contributed by atoms with E-state index in [9.17, 15) is 4.79 Å². The number of para-hydroxylation sites is 1. The number of rotatable bonds is 4. The quantitative estimate of drug-likeness (QED) is 0.699. The van der Waals surface area contributed by atoms with Crippen LogP contribution in [0.15, 0.2) is 48.5 Å². The van der Waals surface area contributed by atoms with Crippen LogP contribution in [-0.2, 0) is 11.3 Å². The van der Waals surface area contributed by atoms with Gasteiger partial charge in [0.25, 0.3) is 0 Å². The van der Waals surface area contributed by atoms with E-state index in [0.717, 1.165) is 25.9 Å². The third kappa shape index (κ3) is 3.66. The Morgan fingerprint density at radius 1 is 1.11 bits per heavy atom. The summed E-state index contributed by atoms with van der Waals surface area (Å²) < 4.78 is 5.92. The number of ether oxygens (including phenoxy) is 1. The first-order valence-electron chi connectivity index (χ1n) is 9.21. The molecule has 4 rings (SSSR count). The molecular formula is C21H22Cl2N2O2. The second-order valence-corrected chi connectivity index (χ2v) is 8.11. The van der Waals surface area contributed by atoms with E-state index in [4.69, 9.17) is 27.9 Å². The molecule has 1 amide bonds. The summed E-state index contributed by atoms with van der Waals surface area (Å²) in [4.78, 5) is 16.6. The molecule has 2 aromatic rings. The molecule has 0 spiro atoms. The highest BCUT2D eigenvalue weighted by atomic mass is 35.5. The molecular weight excluding hydrogens is 383 g/mol. The van der Waals surface area contributed by atoms with Crippen LogP contribution in [0.4, 0.5) is 10.5 Å². The van der Waals surface area contributed by atoms with E-state index in [1.807, 2.05) is 6.07 Å². The molecule has 27 heavy (non-hydrogen) atoms. The second-order valence-electron chi connectivity index (χ2n) is 7.30. The zero-order chi connectivity index (χ0) is 19.0. The summed E-state index contributed by atoms with van der Waals surface area (Å²) >= 11 is 12.5. The first-order chi connectivity index (χ1) is 13.0. The van der Waals surface area contributed by atoms with Crippen LogP contribution >= 0.6 is 23.2 Å². The lowest BCUT2D eigenvalue weighted by molar-refractivity contribution is 0.0791. The van der Waals surface area contributed by atoms with Crippen molar-refractivity contribution in [1.82, 2.24) is 4.90 Å². The monoisotopic (exact) mass is 404 g/mol. The standard InChI is InChI=1S/C21H22Cl2N2O2/c1-24(19-16(22)8-5-9-17(19)23)21(26)27-20-15-10-11-18(20)25(13-15)12-14-6-3-2-4-7-14/h2-9,15,18,20H,10-13H2,1H3. The summed E-state index contributed by atoms with van der Waals surface area (Å²) in [6, 6.07) is 15.9. The summed E-state index contributed by atoms with van der Waals surface area (Å²) in [5, 5.41) is 0.865. The van der Waals surface area contributed by atoms with E-state index in [1.165, 1.54) is 10.5 Å². The number of halogens is 2. The Labute approximate surface area is 169 Å². The predicted octanol–water partition coefficient (Wildman–Crippen LogP) is 5.23. The van der Waals surface area contributed by atoms with Gasteiger partial charge < -0.3 is 4.74 Å². The van der Waals surface area contributed by atoms with Crippen LogP contribution in [0.2, 0.25) is 10.0 Å². The fraction of sp³-hybridized carbons (Fsp3) is 0.381. The van der Waals surface area contributed by atoms with Gasteiger partial charge in [0.2, 0.25) is 0 Å². The molecule has 2 aliphatic rings. The zero-order valence-electron chi connectivity index (χ0n) is 15.1. The average Bonchev–Trinajstić information content (AvgIpc) is 3.18. The highest BCUT2D eigenvalue weighted by Crippen LogP contribution is 2.41. The van der Waals surface area contributed by atoms with Gasteiger partial charge in [-0.2, -0.15) is 0 Å². The Bertz CT molecular complexity index is 810. The van der Waals surface area contributed by atoms with Crippen LogP contribution in [-0.4, -0.2) is 36.7 Å². The molecule has 6 heteroatoms. The van der Waals surface area contributed by atoms with Crippen LogP contribution in [0.5, 0.6) is 0 Å². The third-order valence-electron chi connectivity index (χ3n) is 5.63. The molecule has 2 bridgehead atoms. The predicted molar refractivity (Wildman–Crippen MR) is 108 cm³/mol. The fourth-order valence-corrected chi connectivity index (χ4v) is 4.97. The summed E-state index contributed by atoms with van der Waals surface area (Å²) in [6.45, 7) is 1.86. The lowest BCUT2D eigenvalue weighted by Crippen LogP contribution is -2.38. The average molecular weight is 405 g/mol. The Kier molecular flexibility index (Phi) is 5.31. The van der Waals surface area contributed by atoms with E-state index in [0.29, 0.717) is 21.7 Å². The topological polar surface area (TPSA) is 32.8 Å². The molecule has 2 aromatic carbocycles. The first-order valence-corrected chi connectivity index (χ1v) is 9.96. The Balaban J connectivity index is 1.44. The third-order valence-corrected chi connectivity index (χ3v) is 6.24. The van der Waals surface area contributed by atoms with Crippen molar-refractivity contribution in [1.29, 1.82) is 0 Å². The molecule has 1 saturated heterocycles. The van der Waals surface area contributed by atoms with Gasteiger partial charge in [0.15, 0.2) is 0 Å². The summed E-state index contributed by atoms with van der Waals surface area (Å²) in [5.74, 6) is 0.387. The van der Waals surface area contributed by atoms with Crippen LogP contribution < -0.4 is 4.90 Å². The maximum atomic E-state index is 12.8. The van der Waals surface area contributed by atoms with Crippen LogP contribution in [0.25, 0.3) is 0 Å². The molecule has 1 aliphatic heterocycles. The summed E-state index contributed by atoms with van der Waals surface area (Å²) in [5.41, 5.74) is 1.77.